The molecule has 3 aromatic carbocycles. The lowest BCUT2D eigenvalue weighted by Crippen LogP contribution is -2.27. The maximum absolute atomic E-state index is 12.7. The Morgan fingerprint density at radius 3 is 2.21 bits per heavy atom. The molecule has 0 heterocycles. The smallest absolute Gasteiger partial charge is 0.264 e. The standard InChI is InChI=1S/C22H21ClN2O3S/c1-25(29(27,28)19-10-6-3-7-11-19)18-12-13-20(21(23)16-18)22(26)24-15-14-17-8-4-2-5-9-17/h2-13,16H,14-15H2,1H3,(H,24,26). The predicted molar refractivity (Wildman–Crippen MR) is 116 cm³/mol. The maximum Gasteiger partial charge on any atom is 0.264 e. The topological polar surface area (TPSA) is 66.5 Å². The fourth-order valence-corrected chi connectivity index (χ4v) is 4.30. The third-order valence-electron chi connectivity index (χ3n) is 4.50. The zero-order valence-corrected chi connectivity index (χ0v) is 17.5. The Balaban J connectivity index is 1.70. The third-order valence-corrected chi connectivity index (χ3v) is 6.62. The van der Waals surface area contributed by atoms with Crippen molar-refractivity contribution in [3.63, 3.8) is 0 Å². The van der Waals surface area contributed by atoms with Gasteiger partial charge in [0, 0.05) is 13.6 Å². The van der Waals surface area contributed by atoms with Gasteiger partial charge < -0.3 is 5.32 Å². The van der Waals surface area contributed by atoms with Crippen LogP contribution in [0.5, 0.6) is 0 Å². The molecule has 0 bridgehead atoms. The second kappa shape index (κ2) is 9.11. The zero-order chi connectivity index (χ0) is 20.9. The van der Waals surface area contributed by atoms with Crippen LogP contribution in [0.3, 0.4) is 0 Å². The summed E-state index contributed by atoms with van der Waals surface area (Å²) < 4.78 is 26.6. The number of anilines is 1. The lowest BCUT2D eigenvalue weighted by molar-refractivity contribution is 0.0954. The Kier molecular flexibility index (Phi) is 6.56. The van der Waals surface area contributed by atoms with Gasteiger partial charge in [0.2, 0.25) is 0 Å². The molecule has 0 aliphatic heterocycles. The number of rotatable bonds is 7. The normalized spacial score (nSPS) is 11.1. The Morgan fingerprint density at radius 1 is 0.966 bits per heavy atom. The number of benzene rings is 3. The van der Waals surface area contributed by atoms with Gasteiger partial charge in [0.1, 0.15) is 0 Å². The quantitative estimate of drug-likeness (QED) is 0.615. The first-order valence-corrected chi connectivity index (χ1v) is 10.9. The first-order chi connectivity index (χ1) is 13.9. The summed E-state index contributed by atoms with van der Waals surface area (Å²) in [5.41, 5.74) is 1.80. The summed E-state index contributed by atoms with van der Waals surface area (Å²) in [6.45, 7) is 0.475. The third kappa shape index (κ3) is 4.96. The molecule has 3 aromatic rings. The zero-order valence-electron chi connectivity index (χ0n) is 15.9. The number of sulfonamides is 1. The van der Waals surface area contributed by atoms with Gasteiger partial charge in [0.25, 0.3) is 15.9 Å². The molecule has 0 saturated heterocycles. The SMILES string of the molecule is CN(c1ccc(C(=O)NCCc2ccccc2)c(Cl)c1)S(=O)(=O)c1ccccc1. The van der Waals surface area contributed by atoms with Crippen molar-refractivity contribution in [3.05, 3.63) is 95.0 Å². The molecule has 0 radical (unpaired) electrons. The van der Waals surface area contributed by atoms with Crippen LogP contribution in [0.15, 0.2) is 83.8 Å². The van der Waals surface area contributed by atoms with E-state index in [1.54, 1.807) is 24.3 Å². The van der Waals surface area contributed by atoms with Crippen molar-refractivity contribution < 1.29 is 13.2 Å². The molecule has 29 heavy (non-hydrogen) atoms. The Labute approximate surface area is 176 Å². The van der Waals surface area contributed by atoms with Gasteiger partial charge in [-0.15, -0.1) is 0 Å². The van der Waals surface area contributed by atoms with E-state index in [9.17, 15) is 13.2 Å². The van der Waals surface area contributed by atoms with Crippen molar-refractivity contribution in [1.82, 2.24) is 5.32 Å². The lowest BCUT2D eigenvalue weighted by Gasteiger charge is -2.20. The fraction of sp³-hybridized carbons (Fsp3) is 0.136. The van der Waals surface area contributed by atoms with Crippen molar-refractivity contribution >= 4 is 33.2 Å². The second-order valence-electron chi connectivity index (χ2n) is 6.44. The number of nitrogens with one attached hydrogen (secondary N) is 1. The molecule has 150 valence electrons. The van der Waals surface area contributed by atoms with E-state index >= 15 is 0 Å². The van der Waals surface area contributed by atoms with Crippen LogP contribution in [0.1, 0.15) is 15.9 Å². The average Bonchev–Trinajstić information content (AvgIpc) is 2.74. The average molecular weight is 429 g/mol. The molecule has 0 aliphatic carbocycles. The molecule has 0 unspecified atom stereocenters. The lowest BCUT2D eigenvalue weighted by atomic mass is 10.1. The molecule has 0 saturated carbocycles. The van der Waals surface area contributed by atoms with Crippen LogP contribution in [0, 0.1) is 0 Å². The second-order valence-corrected chi connectivity index (χ2v) is 8.82. The summed E-state index contributed by atoms with van der Waals surface area (Å²) in [7, 11) is -2.26. The number of nitrogens with zero attached hydrogens (tertiary/aromatic N) is 1. The van der Waals surface area contributed by atoms with E-state index in [1.165, 1.54) is 31.3 Å². The maximum atomic E-state index is 12.7. The highest BCUT2D eigenvalue weighted by Crippen LogP contribution is 2.27. The van der Waals surface area contributed by atoms with Gasteiger partial charge in [0.15, 0.2) is 0 Å². The highest BCUT2D eigenvalue weighted by atomic mass is 35.5. The first-order valence-electron chi connectivity index (χ1n) is 9.05. The van der Waals surface area contributed by atoms with Crippen LogP contribution >= 0.6 is 11.6 Å². The van der Waals surface area contributed by atoms with Crippen molar-refractivity contribution in [2.24, 2.45) is 0 Å². The van der Waals surface area contributed by atoms with Crippen LogP contribution < -0.4 is 9.62 Å². The molecule has 1 amide bonds. The summed E-state index contributed by atoms with van der Waals surface area (Å²) >= 11 is 6.28. The Hall–Kier alpha value is -2.83. The van der Waals surface area contributed by atoms with Crippen molar-refractivity contribution in [2.45, 2.75) is 11.3 Å². The molecule has 0 fully saturated rings. The highest BCUT2D eigenvalue weighted by Gasteiger charge is 2.22. The molecule has 7 heteroatoms. The summed E-state index contributed by atoms with van der Waals surface area (Å²) in [4.78, 5) is 12.6. The van der Waals surface area contributed by atoms with Gasteiger partial charge in [-0.05, 0) is 42.3 Å². The van der Waals surface area contributed by atoms with Crippen LogP contribution in [0.25, 0.3) is 0 Å². The van der Waals surface area contributed by atoms with E-state index in [2.05, 4.69) is 5.32 Å². The van der Waals surface area contributed by atoms with Gasteiger partial charge >= 0.3 is 0 Å². The molecule has 1 N–H and O–H groups in total. The molecule has 3 rings (SSSR count). The summed E-state index contributed by atoms with van der Waals surface area (Å²) in [6, 6.07) is 22.6. The number of carbonyl (C=O) groups is 1. The number of halogens is 1. The van der Waals surface area contributed by atoms with Crippen molar-refractivity contribution in [2.75, 3.05) is 17.9 Å². The van der Waals surface area contributed by atoms with Crippen LogP contribution in [0.4, 0.5) is 5.69 Å². The van der Waals surface area contributed by atoms with Crippen molar-refractivity contribution in [3.8, 4) is 0 Å². The summed E-state index contributed by atoms with van der Waals surface area (Å²) in [5.74, 6) is -0.300. The number of hydrogen-bond acceptors (Lipinski definition) is 3. The number of amides is 1. The van der Waals surface area contributed by atoms with Crippen LogP contribution in [-0.4, -0.2) is 27.9 Å². The molecule has 0 aliphatic rings. The fourth-order valence-electron chi connectivity index (χ4n) is 2.83. The molecule has 0 aromatic heterocycles. The van der Waals surface area contributed by atoms with E-state index < -0.39 is 10.0 Å². The van der Waals surface area contributed by atoms with E-state index in [4.69, 9.17) is 11.6 Å². The van der Waals surface area contributed by atoms with E-state index in [1.807, 2.05) is 30.3 Å². The first kappa shape index (κ1) is 20.9. The molecule has 5 nitrogen and oxygen atoms in total. The number of hydrogen-bond donors (Lipinski definition) is 1. The van der Waals surface area contributed by atoms with E-state index in [-0.39, 0.29) is 15.8 Å². The van der Waals surface area contributed by atoms with Gasteiger partial charge in [0.05, 0.1) is 21.2 Å². The molecular formula is C22H21ClN2O3S. The minimum absolute atomic E-state index is 0.182. The minimum Gasteiger partial charge on any atom is -0.352 e. The van der Waals surface area contributed by atoms with E-state index in [0.717, 1.165) is 9.87 Å². The minimum atomic E-state index is -3.71. The number of carbonyl (C=O) groups excluding carboxylic acids is 1. The molecule has 0 atom stereocenters. The van der Waals surface area contributed by atoms with Crippen LogP contribution in [0.2, 0.25) is 5.02 Å². The highest BCUT2D eigenvalue weighted by molar-refractivity contribution is 7.92. The van der Waals surface area contributed by atoms with Crippen LogP contribution in [-0.2, 0) is 16.4 Å². The van der Waals surface area contributed by atoms with Gasteiger partial charge in [-0.1, -0.05) is 60.1 Å². The van der Waals surface area contributed by atoms with Gasteiger partial charge in [-0.25, -0.2) is 8.42 Å². The Bertz CT molecular complexity index is 1090. The largest absolute Gasteiger partial charge is 0.352 e. The Morgan fingerprint density at radius 2 is 1.59 bits per heavy atom. The van der Waals surface area contributed by atoms with Gasteiger partial charge in [-0.2, -0.15) is 0 Å². The van der Waals surface area contributed by atoms with E-state index in [0.29, 0.717) is 24.2 Å². The predicted octanol–water partition coefficient (Wildman–Crippen LogP) is 4.14. The monoisotopic (exact) mass is 428 g/mol. The molecular weight excluding hydrogens is 408 g/mol. The van der Waals surface area contributed by atoms with Crippen molar-refractivity contribution in [1.29, 1.82) is 0 Å². The molecule has 0 spiro atoms. The summed E-state index contributed by atoms with van der Waals surface area (Å²) in [5, 5.41) is 3.03. The van der Waals surface area contributed by atoms with Gasteiger partial charge in [-0.3, -0.25) is 9.10 Å². The summed E-state index contributed by atoms with van der Waals surface area (Å²) in [6.07, 6.45) is 0.709.